The molecule has 18 heavy (non-hydrogen) atoms. The van der Waals surface area contributed by atoms with Crippen LogP contribution in [0.5, 0.6) is 0 Å². The number of aliphatic hydroxyl groups excluding tert-OH is 1. The minimum absolute atomic E-state index is 0.0824. The Balaban J connectivity index is 1.56. The van der Waals surface area contributed by atoms with Crippen molar-refractivity contribution in [2.45, 2.75) is 45.1 Å². The number of hydrogen-bond acceptors (Lipinski definition) is 3. The average Bonchev–Trinajstić information content (AvgIpc) is 2.87. The van der Waals surface area contributed by atoms with Gasteiger partial charge in [-0.1, -0.05) is 6.92 Å². The first-order chi connectivity index (χ1) is 8.63. The summed E-state index contributed by atoms with van der Waals surface area (Å²) in [4.78, 5) is 14.4. The molecule has 1 N–H and O–H groups in total. The van der Waals surface area contributed by atoms with Gasteiger partial charge >= 0.3 is 0 Å². The Labute approximate surface area is 110 Å². The maximum absolute atomic E-state index is 12.0. The van der Waals surface area contributed by atoms with E-state index < -0.39 is 0 Å². The van der Waals surface area contributed by atoms with Crippen molar-refractivity contribution in [2.24, 2.45) is 23.7 Å². The lowest BCUT2D eigenvalue weighted by atomic mass is 9.81. The molecule has 102 valence electrons. The van der Waals surface area contributed by atoms with E-state index in [0.717, 1.165) is 45.3 Å². The number of nitrogens with zero attached hydrogens (tertiary/aromatic N) is 1. The summed E-state index contributed by atoms with van der Waals surface area (Å²) in [6.45, 7) is 5.34. The highest BCUT2D eigenvalue weighted by atomic mass is 16.3. The zero-order chi connectivity index (χ0) is 12.7. The second kappa shape index (κ2) is 4.93. The van der Waals surface area contributed by atoms with Gasteiger partial charge in [0, 0.05) is 37.9 Å². The second-order valence-corrected chi connectivity index (χ2v) is 6.83. The average molecular weight is 251 g/mol. The van der Waals surface area contributed by atoms with E-state index in [1.807, 2.05) is 0 Å². The van der Waals surface area contributed by atoms with Gasteiger partial charge in [0.05, 0.1) is 6.10 Å². The van der Waals surface area contributed by atoms with Gasteiger partial charge in [0.15, 0.2) is 0 Å². The molecule has 3 nitrogen and oxygen atoms in total. The molecule has 1 aliphatic heterocycles. The molecule has 0 aromatic heterocycles. The van der Waals surface area contributed by atoms with Crippen LogP contribution in [0.1, 0.15) is 39.0 Å². The van der Waals surface area contributed by atoms with Crippen LogP contribution in [-0.4, -0.2) is 41.5 Å². The van der Waals surface area contributed by atoms with Crippen molar-refractivity contribution in [2.75, 3.05) is 19.6 Å². The molecule has 0 radical (unpaired) electrons. The lowest BCUT2D eigenvalue weighted by molar-refractivity contribution is -0.126. The number of carbonyl (C=O) groups excluding carboxylic acids is 1. The molecule has 5 atom stereocenters. The van der Waals surface area contributed by atoms with Crippen LogP contribution >= 0.6 is 0 Å². The lowest BCUT2D eigenvalue weighted by Crippen LogP contribution is -2.36. The molecule has 0 amide bonds. The van der Waals surface area contributed by atoms with Crippen LogP contribution in [0.15, 0.2) is 0 Å². The van der Waals surface area contributed by atoms with E-state index in [1.54, 1.807) is 0 Å². The standard InChI is InChI=1S/C15H25NO2/c1-10-2-4-14(17)12(6-10)8-16-7-11-3-5-15(18)13(11)9-16/h10-13,15,18H,2-9H2,1H3. The summed E-state index contributed by atoms with van der Waals surface area (Å²) in [5.74, 6) is 2.63. The minimum atomic E-state index is -0.0824. The molecule has 5 unspecified atom stereocenters. The van der Waals surface area contributed by atoms with Crippen LogP contribution in [-0.2, 0) is 4.79 Å². The van der Waals surface area contributed by atoms with Gasteiger partial charge in [-0.2, -0.15) is 0 Å². The molecule has 3 aliphatic rings. The summed E-state index contributed by atoms with van der Waals surface area (Å²) >= 11 is 0. The number of aliphatic hydroxyl groups is 1. The molecule has 1 heterocycles. The van der Waals surface area contributed by atoms with Crippen molar-refractivity contribution in [3.8, 4) is 0 Å². The molecule has 3 heteroatoms. The van der Waals surface area contributed by atoms with Gasteiger partial charge in [0.1, 0.15) is 5.78 Å². The topological polar surface area (TPSA) is 40.5 Å². The van der Waals surface area contributed by atoms with Crippen LogP contribution in [0.4, 0.5) is 0 Å². The van der Waals surface area contributed by atoms with E-state index in [1.165, 1.54) is 6.42 Å². The number of fused-ring (bicyclic) bond motifs is 1. The Bertz CT molecular complexity index is 330. The summed E-state index contributed by atoms with van der Waals surface area (Å²) in [6.07, 6.45) is 5.03. The highest BCUT2D eigenvalue weighted by Crippen LogP contribution is 2.39. The van der Waals surface area contributed by atoms with Crippen molar-refractivity contribution < 1.29 is 9.90 Å². The maximum Gasteiger partial charge on any atom is 0.137 e. The molecule has 0 bridgehead atoms. The van der Waals surface area contributed by atoms with Crippen molar-refractivity contribution in [1.82, 2.24) is 4.90 Å². The van der Waals surface area contributed by atoms with Gasteiger partial charge in [0.2, 0.25) is 0 Å². The number of Topliss-reactive ketones (excluding diaryl/α,β-unsaturated/α-hetero) is 1. The SMILES string of the molecule is CC1CCC(=O)C(CN2CC3CCC(O)C3C2)C1. The normalized spacial score (nSPS) is 45.4. The molecular formula is C15H25NO2. The van der Waals surface area contributed by atoms with Crippen molar-refractivity contribution in [3.63, 3.8) is 0 Å². The Morgan fingerprint density at radius 3 is 2.89 bits per heavy atom. The van der Waals surface area contributed by atoms with Crippen molar-refractivity contribution in [1.29, 1.82) is 0 Å². The highest BCUT2D eigenvalue weighted by molar-refractivity contribution is 5.81. The maximum atomic E-state index is 12.0. The fourth-order valence-electron chi connectivity index (χ4n) is 4.29. The molecule has 3 rings (SSSR count). The number of hydrogen-bond donors (Lipinski definition) is 1. The zero-order valence-corrected chi connectivity index (χ0v) is 11.3. The van der Waals surface area contributed by atoms with Gasteiger partial charge in [-0.3, -0.25) is 4.79 Å². The molecule has 3 fully saturated rings. The van der Waals surface area contributed by atoms with E-state index in [9.17, 15) is 9.90 Å². The first-order valence-corrected chi connectivity index (χ1v) is 7.56. The summed E-state index contributed by atoms with van der Waals surface area (Å²) in [5, 5.41) is 9.92. The van der Waals surface area contributed by atoms with E-state index in [0.29, 0.717) is 23.5 Å². The number of likely N-dealkylation sites (tertiary alicyclic amines) is 1. The van der Waals surface area contributed by atoms with E-state index >= 15 is 0 Å². The third-order valence-corrected chi connectivity index (χ3v) is 5.40. The Hall–Kier alpha value is -0.410. The Morgan fingerprint density at radius 2 is 2.11 bits per heavy atom. The van der Waals surface area contributed by atoms with Gasteiger partial charge in [-0.15, -0.1) is 0 Å². The second-order valence-electron chi connectivity index (χ2n) is 6.83. The monoisotopic (exact) mass is 251 g/mol. The smallest absolute Gasteiger partial charge is 0.137 e. The van der Waals surface area contributed by atoms with Gasteiger partial charge < -0.3 is 10.0 Å². The first kappa shape index (κ1) is 12.6. The van der Waals surface area contributed by atoms with Gasteiger partial charge in [0.25, 0.3) is 0 Å². The van der Waals surface area contributed by atoms with Crippen LogP contribution < -0.4 is 0 Å². The lowest BCUT2D eigenvalue weighted by Gasteiger charge is -2.29. The van der Waals surface area contributed by atoms with E-state index in [4.69, 9.17) is 0 Å². The molecular weight excluding hydrogens is 226 g/mol. The number of ketones is 1. The molecule has 0 spiro atoms. The molecule has 0 aromatic carbocycles. The number of rotatable bonds is 2. The fraction of sp³-hybridized carbons (Fsp3) is 0.933. The first-order valence-electron chi connectivity index (χ1n) is 7.56. The fourth-order valence-corrected chi connectivity index (χ4v) is 4.29. The largest absolute Gasteiger partial charge is 0.393 e. The molecule has 1 saturated heterocycles. The van der Waals surface area contributed by atoms with Crippen molar-refractivity contribution >= 4 is 5.78 Å². The summed E-state index contributed by atoms with van der Waals surface area (Å²) in [7, 11) is 0. The quantitative estimate of drug-likeness (QED) is 0.812. The van der Waals surface area contributed by atoms with Crippen LogP contribution in [0.3, 0.4) is 0 Å². The summed E-state index contributed by atoms with van der Waals surface area (Å²) < 4.78 is 0. The summed E-state index contributed by atoms with van der Waals surface area (Å²) in [6, 6.07) is 0. The molecule has 0 aromatic rings. The van der Waals surface area contributed by atoms with Crippen LogP contribution in [0.2, 0.25) is 0 Å². The van der Waals surface area contributed by atoms with Gasteiger partial charge in [-0.05, 0) is 37.5 Å². The minimum Gasteiger partial charge on any atom is -0.393 e. The summed E-state index contributed by atoms with van der Waals surface area (Å²) in [5.41, 5.74) is 0. The Morgan fingerprint density at radius 1 is 1.28 bits per heavy atom. The Kier molecular flexibility index (Phi) is 3.46. The third-order valence-electron chi connectivity index (χ3n) is 5.40. The zero-order valence-electron chi connectivity index (χ0n) is 11.3. The molecule has 2 saturated carbocycles. The van der Waals surface area contributed by atoms with Crippen molar-refractivity contribution in [3.05, 3.63) is 0 Å². The van der Waals surface area contributed by atoms with E-state index in [2.05, 4.69) is 11.8 Å². The highest BCUT2D eigenvalue weighted by Gasteiger charge is 2.42. The van der Waals surface area contributed by atoms with E-state index in [-0.39, 0.29) is 12.0 Å². The van der Waals surface area contributed by atoms with Crippen LogP contribution in [0.25, 0.3) is 0 Å². The van der Waals surface area contributed by atoms with Crippen LogP contribution in [0, 0.1) is 23.7 Å². The molecule has 2 aliphatic carbocycles. The predicted octanol–water partition coefficient (Wildman–Crippen LogP) is 1.69. The third kappa shape index (κ3) is 2.35. The van der Waals surface area contributed by atoms with Gasteiger partial charge in [-0.25, -0.2) is 0 Å². The predicted molar refractivity (Wildman–Crippen MR) is 70.2 cm³/mol. The number of carbonyl (C=O) groups is 1.